The molecule has 3 N–H and O–H groups in total. The molecule has 0 spiro atoms. The topological polar surface area (TPSA) is 82.2 Å². The second kappa shape index (κ2) is 7.64. The minimum Gasteiger partial charge on any atom is -0.384 e. The summed E-state index contributed by atoms with van der Waals surface area (Å²) < 4.78 is 13.5. The van der Waals surface area contributed by atoms with Crippen molar-refractivity contribution in [2.45, 2.75) is 19.3 Å². The Balaban J connectivity index is 1.43. The highest BCUT2D eigenvalue weighted by molar-refractivity contribution is 6.12. The molecule has 7 heteroatoms. The molecule has 4 rings (SSSR count). The predicted molar refractivity (Wildman–Crippen MR) is 108 cm³/mol. The minimum absolute atomic E-state index is 0.196. The lowest BCUT2D eigenvalue weighted by Crippen LogP contribution is -2.12. The summed E-state index contributed by atoms with van der Waals surface area (Å²) in [5, 5.41) is 6.15. The third kappa shape index (κ3) is 3.78. The molecule has 1 aliphatic heterocycles. The Hall–Kier alpha value is -3.48. The van der Waals surface area contributed by atoms with Crippen LogP contribution in [0.2, 0.25) is 0 Å². The number of aromatic amines is 1. The molecule has 0 fully saturated rings. The van der Waals surface area contributed by atoms with Gasteiger partial charge in [0.2, 0.25) is 5.91 Å². The van der Waals surface area contributed by atoms with Crippen LogP contribution in [0.5, 0.6) is 0 Å². The number of hydrogen-bond acceptors (Lipinski definition) is 4. The largest absolute Gasteiger partial charge is 0.384 e. The van der Waals surface area contributed by atoms with E-state index in [1.165, 1.54) is 12.1 Å². The van der Waals surface area contributed by atoms with Crippen LogP contribution in [0, 0.1) is 12.7 Å². The highest BCUT2D eigenvalue weighted by Gasteiger charge is 2.29. The standard InChI is InChI=1S/C21H20FN5O/c1-13-8-15(3-5-19(13)24-7-6-16-10-23-12-26-16)25-11-18-17-9-14(22)2-4-20(17)27-21(18)28/h2-5,8-12,18,24H,6-7H2,1H3,(H,23,26)(H,27,28). The fraction of sp³-hybridized carbons (Fsp3) is 0.190. The van der Waals surface area contributed by atoms with Crippen molar-refractivity contribution in [2.24, 2.45) is 4.99 Å². The van der Waals surface area contributed by atoms with E-state index >= 15 is 0 Å². The first-order valence-corrected chi connectivity index (χ1v) is 9.06. The number of imidazole rings is 1. The molecule has 0 saturated carbocycles. The van der Waals surface area contributed by atoms with Gasteiger partial charge in [-0.1, -0.05) is 0 Å². The normalized spacial score (nSPS) is 15.6. The van der Waals surface area contributed by atoms with E-state index in [1.807, 2.05) is 31.3 Å². The number of anilines is 2. The monoisotopic (exact) mass is 377 g/mol. The summed E-state index contributed by atoms with van der Waals surface area (Å²) >= 11 is 0. The molecule has 1 atom stereocenters. The van der Waals surface area contributed by atoms with Crippen LogP contribution >= 0.6 is 0 Å². The first kappa shape index (κ1) is 17.9. The number of nitrogens with one attached hydrogen (secondary N) is 3. The van der Waals surface area contributed by atoms with E-state index < -0.39 is 5.92 Å². The summed E-state index contributed by atoms with van der Waals surface area (Å²) in [5.41, 5.74) is 5.16. The number of aryl methyl sites for hydroxylation is 1. The van der Waals surface area contributed by atoms with Gasteiger partial charge in [-0.05, 0) is 54.4 Å². The molecule has 0 aliphatic carbocycles. The highest BCUT2D eigenvalue weighted by Crippen LogP contribution is 2.32. The van der Waals surface area contributed by atoms with Gasteiger partial charge in [-0.15, -0.1) is 0 Å². The number of benzene rings is 2. The zero-order chi connectivity index (χ0) is 19.5. The molecule has 2 aromatic carbocycles. The summed E-state index contributed by atoms with van der Waals surface area (Å²) in [6, 6.07) is 10.1. The fourth-order valence-electron chi connectivity index (χ4n) is 3.24. The third-order valence-electron chi connectivity index (χ3n) is 4.74. The Morgan fingerprint density at radius 3 is 2.96 bits per heavy atom. The molecule has 0 bridgehead atoms. The van der Waals surface area contributed by atoms with Crippen molar-refractivity contribution >= 4 is 29.2 Å². The van der Waals surface area contributed by atoms with Gasteiger partial charge >= 0.3 is 0 Å². The Morgan fingerprint density at radius 2 is 2.18 bits per heavy atom. The Morgan fingerprint density at radius 1 is 1.29 bits per heavy atom. The Bertz CT molecular complexity index is 1030. The van der Waals surface area contributed by atoms with Crippen molar-refractivity contribution in [3.05, 3.63) is 71.6 Å². The van der Waals surface area contributed by atoms with E-state index in [9.17, 15) is 9.18 Å². The van der Waals surface area contributed by atoms with E-state index in [0.717, 1.165) is 35.6 Å². The number of aromatic nitrogens is 2. The van der Waals surface area contributed by atoms with Crippen LogP contribution in [0.1, 0.15) is 22.7 Å². The molecular weight excluding hydrogens is 357 g/mol. The highest BCUT2D eigenvalue weighted by atomic mass is 19.1. The van der Waals surface area contributed by atoms with Gasteiger partial charge in [0.1, 0.15) is 11.7 Å². The van der Waals surface area contributed by atoms with Gasteiger partial charge in [-0.2, -0.15) is 0 Å². The molecule has 3 aromatic rings. The molecule has 1 aromatic heterocycles. The lowest BCUT2D eigenvalue weighted by Gasteiger charge is -2.10. The van der Waals surface area contributed by atoms with E-state index in [4.69, 9.17) is 0 Å². The summed E-state index contributed by atoms with van der Waals surface area (Å²) in [7, 11) is 0. The number of hydrogen-bond donors (Lipinski definition) is 3. The van der Waals surface area contributed by atoms with Gasteiger partial charge in [0.05, 0.1) is 12.0 Å². The van der Waals surface area contributed by atoms with Crippen LogP contribution in [0.15, 0.2) is 53.9 Å². The number of H-pyrrole nitrogens is 1. The van der Waals surface area contributed by atoms with Crippen LogP contribution in [-0.4, -0.2) is 28.6 Å². The van der Waals surface area contributed by atoms with Crippen molar-refractivity contribution < 1.29 is 9.18 Å². The number of rotatable bonds is 6. The van der Waals surface area contributed by atoms with Crippen LogP contribution in [0.3, 0.4) is 0 Å². The van der Waals surface area contributed by atoms with Crippen molar-refractivity contribution in [1.82, 2.24) is 9.97 Å². The first-order chi connectivity index (χ1) is 13.6. The summed E-state index contributed by atoms with van der Waals surface area (Å²) in [6.45, 7) is 2.79. The molecule has 1 aliphatic rings. The maximum Gasteiger partial charge on any atom is 0.237 e. The first-order valence-electron chi connectivity index (χ1n) is 9.06. The SMILES string of the molecule is Cc1cc(N=CC2C(=O)Nc3ccc(F)cc32)ccc1NCCc1cnc[nH]1. The molecule has 2 heterocycles. The van der Waals surface area contributed by atoms with Gasteiger partial charge in [-0.3, -0.25) is 9.79 Å². The van der Waals surface area contributed by atoms with Gasteiger partial charge in [0, 0.05) is 42.4 Å². The second-order valence-electron chi connectivity index (χ2n) is 6.73. The molecule has 6 nitrogen and oxygen atoms in total. The maximum absolute atomic E-state index is 13.5. The van der Waals surface area contributed by atoms with Gasteiger partial charge in [0.15, 0.2) is 0 Å². The summed E-state index contributed by atoms with van der Waals surface area (Å²) in [4.78, 5) is 23.7. The number of carbonyl (C=O) groups excluding carboxylic acids is 1. The zero-order valence-corrected chi connectivity index (χ0v) is 15.4. The van der Waals surface area contributed by atoms with Crippen LogP contribution in [-0.2, 0) is 11.2 Å². The number of halogens is 1. The molecule has 1 unspecified atom stereocenters. The second-order valence-corrected chi connectivity index (χ2v) is 6.73. The minimum atomic E-state index is -0.585. The molecule has 0 saturated heterocycles. The van der Waals surface area contributed by atoms with E-state index in [2.05, 4.69) is 25.6 Å². The Labute approximate surface area is 161 Å². The lowest BCUT2D eigenvalue weighted by molar-refractivity contribution is -0.115. The van der Waals surface area contributed by atoms with Crippen LogP contribution in [0.4, 0.5) is 21.5 Å². The van der Waals surface area contributed by atoms with Gasteiger partial charge in [-0.25, -0.2) is 9.37 Å². The van der Waals surface area contributed by atoms with Crippen molar-refractivity contribution in [3.63, 3.8) is 0 Å². The van der Waals surface area contributed by atoms with Crippen molar-refractivity contribution in [1.29, 1.82) is 0 Å². The average Bonchev–Trinajstić information content (AvgIpc) is 3.29. The molecular formula is C21H20FN5O. The Kier molecular flexibility index (Phi) is 4.89. The van der Waals surface area contributed by atoms with Crippen LogP contribution in [0.25, 0.3) is 0 Å². The smallest absolute Gasteiger partial charge is 0.237 e. The third-order valence-corrected chi connectivity index (χ3v) is 4.74. The summed E-state index contributed by atoms with van der Waals surface area (Å²) in [6.07, 6.45) is 5.91. The molecule has 1 amide bonds. The predicted octanol–water partition coefficient (Wildman–Crippen LogP) is 3.95. The number of fused-ring (bicyclic) bond motifs is 1. The van der Waals surface area contributed by atoms with E-state index in [0.29, 0.717) is 11.3 Å². The van der Waals surface area contributed by atoms with Crippen LogP contribution < -0.4 is 10.6 Å². The summed E-state index contributed by atoms with van der Waals surface area (Å²) in [5.74, 6) is -1.15. The number of carbonyl (C=O) groups is 1. The van der Waals surface area contributed by atoms with E-state index in [1.54, 1.807) is 18.6 Å². The zero-order valence-electron chi connectivity index (χ0n) is 15.4. The van der Waals surface area contributed by atoms with Gasteiger partial charge < -0.3 is 15.6 Å². The quantitative estimate of drug-likeness (QED) is 0.569. The number of amides is 1. The molecule has 28 heavy (non-hydrogen) atoms. The van der Waals surface area contributed by atoms with Gasteiger partial charge in [0.25, 0.3) is 0 Å². The lowest BCUT2D eigenvalue weighted by atomic mass is 10.0. The molecule has 0 radical (unpaired) electrons. The van der Waals surface area contributed by atoms with Crippen molar-refractivity contribution in [3.8, 4) is 0 Å². The van der Waals surface area contributed by atoms with E-state index in [-0.39, 0.29) is 11.7 Å². The van der Waals surface area contributed by atoms with Crippen molar-refractivity contribution in [2.75, 3.05) is 17.2 Å². The number of aliphatic imine (C=N–C) groups is 1. The average molecular weight is 377 g/mol. The fourth-order valence-corrected chi connectivity index (χ4v) is 3.24. The maximum atomic E-state index is 13.5. The number of nitrogens with zero attached hydrogens (tertiary/aromatic N) is 2. The molecule has 142 valence electrons.